The van der Waals surface area contributed by atoms with Crippen LogP contribution in [0.1, 0.15) is 31.2 Å². The van der Waals surface area contributed by atoms with Gasteiger partial charge in [-0.25, -0.2) is 0 Å². The number of ether oxygens (including phenoxy) is 1. The Balaban J connectivity index is 0.00000338. The lowest BCUT2D eigenvalue weighted by atomic mass is 10.1. The lowest BCUT2D eigenvalue weighted by Crippen LogP contribution is -2.40. The van der Waals surface area contributed by atoms with E-state index in [0.29, 0.717) is 30.6 Å². The molecule has 0 unspecified atom stereocenters. The second-order valence-electron chi connectivity index (χ2n) is 6.00. The topological polar surface area (TPSA) is 62.9 Å². The molecule has 1 heterocycles. The second-order valence-corrected chi connectivity index (χ2v) is 6.44. The number of benzene rings is 1. The highest BCUT2D eigenvalue weighted by molar-refractivity contribution is 14.0. The number of guanidine groups is 1. The van der Waals surface area contributed by atoms with Crippen molar-refractivity contribution in [1.29, 1.82) is 0 Å². The van der Waals surface area contributed by atoms with E-state index >= 15 is 0 Å². The third-order valence-corrected chi connectivity index (χ3v) is 3.89. The third-order valence-electron chi connectivity index (χ3n) is 3.65. The zero-order chi connectivity index (χ0) is 18.2. The van der Waals surface area contributed by atoms with E-state index in [0.717, 1.165) is 23.2 Å². The summed E-state index contributed by atoms with van der Waals surface area (Å²) in [5.41, 5.74) is 0.954. The Labute approximate surface area is 177 Å². The molecule has 0 saturated heterocycles. The van der Waals surface area contributed by atoms with Crippen LogP contribution in [0.2, 0.25) is 5.02 Å². The Morgan fingerprint density at radius 2 is 2.15 bits per heavy atom. The van der Waals surface area contributed by atoms with E-state index in [9.17, 15) is 0 Å². The van der Waals surface area contributed by atoms with Gasteiger partial charge in [0.05, 0.1) is 18.8 Å². The second kappa shape index (κ2) is 11.3. The Kier molecular flexibility index (Phi) is 9.79. The maximum absolute atomic E-state index is 5.95. The predicted molar refractivity (Wildman–Crippen MR) is 116 cm³/mol. The molecule has 26 heavy (non-hydrogen) atoms. The lowest BCUT2D eigenvalue weighted by Gasteiger charge is -2.21. The highest BCUT2D eigenvalue weighted by atomic mass is 127. The van der Waals surface area contributed by atoms with Crippen molar-refractivity contribution in [3.05, 3.63) is 46.8 Å². The van der Waals surface area contributed by atoms with E-state index in [4.69, 9.17) is 20.9 Å². The van der Waals surface area contributed by atoms with Crippen LogP contribution in [0.25, 0.3) is 0 Å². The summed E-state index contributed by atoms with van der Waals surface area (Å²) in [6.07, 6.45) is 0. The highest BCUT2D eigenvalue weighted by Gasteiger charge is 2.10. The van der Waals surface area contributed by atoms with E-state index in [1.165, 1.54) is 0 Å². The first-order valence-electron chi connectivity index (χ1n) is 8.25. The van der Waals surface area contributed by atoms with Crippen LogP contribution < -0.4 is 10.1 Å². The van der Waals surface area contributed by atoms with Crippen molar-refractivity contribution in [3.63, 3.8) is 0 Å². The number of likely N-dealkylation sites (N-methyl/N-ethyl adjacent to an activating group) is 1. The van der Waals surface area contributed by atoms with E-state index < -0.39 is 0 Å². The average Bonchev–Trinajstić information content (AvgIpc) is 3.05. The minimum atomic E-state index is 0. The minimum Gasteiger partial charge on any atom is -0.492 e. The lowest BCUT2D eigenvalue weighted by molar-refractivity contribution is 0.280. The van der Waals surface area contributed by atoms with Gasteiger partial charge in [0.15, 0.2) is 11.7 Å². The molecule has 0 aliphatic carbocycles. The molecule has 2 rings (SSSR count). The monoisotopic (exact) mass is 492 g/mol. The molecule has 0 saturated carbocycles. The summed E-state index contributed by atoms with van der Waals surface area (Å²) >= 11 is 5.95. The first kappa shape index (κ1) is 22.6. The number of nitrogens with zero attached hydrogens (tertiary/aromatic N) is 3. The Morgan fingerprint density at radius 3 is 2.77 bits per heavy atom. The van der Waals surface area contributed by atoms with Crippen molar-refractivity contribution >= 4 is 41.5 Å². The Bertz CT molecular complexity index is 706. The van der Waals surface area contributed by atoms with Crippen LogP contribution in [0.15, 0.2) is 39.8 Å². The highest BCUT2D eigenvalue weighted by Crippen LogP contribution is 2.17. The maximum Gasteiger partial charge on any atom is 0.193 e. The fraction of sp³-hybridized carbons (Fsp3) is 0.444. The molecule has 8 heteroatoms. The standard InChI is InChI=1S/C18H25ClN4O2.HI/c1-13(2)17-11-16(25-22-17)12-21-18(20-3)23(4)8-9-24-15-7-5-6-14(19)10-15;/h5-7,10-11,13H,8-9,12H2,1-4H3,(H,20,21);1H. The van der Waals surface area contributed by atoms with Gasteiger partial charge < -0.3 is 19.5 Å². The molecule has 0 bridgehead atoms. The fourth-order valence-electron chi connectivity index (χ4n) is 2.20. The van der Waals surface area contributed by atoms with Gasteiger partial charge in [0.1, 0.15) is 12.4 Å². The smallest absolute Gasteiger partial charge is 0.193 e. The molecule has 0 aliphatic rings. The number of halogens is 2. The van der Waals surface area contributed by atoms with Crippen molar-refractivity contribution in [2.24, 2.45) is 4.99 Å². The summed E-state index contributed by atoms with van der Waals surface area (Å²) in [6, 6.07) is 9.33. The van der Waals surface area contributed by atoms with Crippen LogP contribution in [-0.4, -0.2) is 43.3 Å². The van der Waals surface area contributed by atoms with Crippen molar-refractivity contribution in [3.8, 4) is 5.75 Å². The molecule has 0 aliphatic heterocycles. The van der Waals surface area contributed by atoms with Gasteiger partial charge in [-0.2, -0.15) is 0 Å². The molecule has 0 radical (unpaired) electrons. The van der Waals surface area contributed by atoms with Gasteiger partial charge in [0.2, 0.25) is 0 Å². The SMILES string of the molecule is CN=C(NCc1cc(C(C)C)no1)N(C)CCOc1cccc(Cl)c1.I. The molecule has 1 N–H and O–H groups in total. The minimum absolute atomic E-state index is 0. The van der Waals surface area contributed by atoms with E-state index in [2.05, 4.69) is 29.3 Å². The van der Waals surface area contributed by atoms with Crippen LogP contribution in [0.3, 0.4) is 0 Å². The zero-order valence-corrected chi connectivity index (χ0v) is 18.6. The molecule has 0 amide bonds. The van der Waals surface area contributed by atoms with Gasteiger partial charge in [0.25, 0.3) is 0 Å². The summed E-state index contributed by atoms with van der Waals surface area (Å²) in [7, 11) is 3.70. The van der Waals surface area contributed by atoms with Crippen LogP contribution >= 0.6 is 35.6 Å². The molecule has 0 atom stereocenters. The first-order valence-corrected chi connectivity index (χ1v) is 8.63. The van der Waals surface area contributed by atoms with E-state index in [1.54, 1.807) is 13.1 Å². The van der Waals surface area contributed by atoms with Crippen LogP contribution in [0.5, 0.6) is 5.75 Å². The molecule has 1 aromatic heterocycles. The van der Waals surface area contributed by atoms with Crippen molar-refractivity contribution in [2.75, 3.05) is 27.2 Å². The summed E-state index contributed by atoms with van der Waals surface area (Å²) in [6.45, 7) is 5.91. The molecular formula is C18H26ClIN4O2. The van der Waals surface area contributed by atoms with Gasteiger partial charge in [-0.1, -0.05) is 36.7 Å². The van der Waals surface area contributed by atoms with Crippen molar-refractivity contribution in [2.45, 2.75) is 26.3 Å². The fourth-order valence-corrected chi connectivity index (χ4v) is 2.38. The van der Waals surface area contributed by atoms with Gasteiger partial charge in [0, 0.05) is 25.2 Å². The van der Waals surface area contributed by atoms with Crippen LogP contribution in [-0.2, 0) is 6.54 Å². The molecule has 2 aromatic rings. The van der Waals surface area contributed by atoms with Gasteiger partial charge in [-0.05, 0) is 24.1 Å². The molecular weight excluding hydrogens is 467 g/mol. The van der Waals surface area contributed by atoms with E-state index in [1.807, 2.05) is 36.2 Å². The molecule has 1 aromatic carbocycles. The van der Waals surface area contributed by atoms with Crippen molar-refractivity contribution < 1.29 is 9.26 Å². The Hall–Kier alpha value is -1.48. The number of nitrogens with one attached hydrogen (secondary N) is 1. The summed E-state index contributed by atoms with van der Waals surface area (Å²) < 4.78 is 11.0. The number of aliphatic imine (C=N–C) groups is 1. The zero-order valence-electron chi connectivity index (χ0n) is 15.5. The quantitative estimate of drug-likeness (QED) is 0.357. The molecule has 0 spiro atoms. The number of hydrogen-bond donors (Lipinski definition) is 1. The summed E-state index contributed by atoms with van der Waals surface area (Å²) in [5, 5.41) is 7.98. The normalized spacial score (nSPS) is 11.2. The summed E-state index contributed by atoms with van der Waals surface area (Å²) in [5.74, 6) is 2.65. The average molecular weight is 493 g/mol. The molecule has 144 valence electrons. The van der Waals surface area contributed by atoms with Gasteiger partial charge >= 0.3 is 0 Å². The first-order chi connectivity index (χ1) is 12.0. The molecule has 6 nitrogen and oxygen atoms in total. The maximum atomic E-state index is 5.95. The van der Waals surface area contributed by atoms with Crippen LogP contribution in [0.4, 0.5) is 0 Å². The number of aromatic nitrogens is 1. The van der Waals surface area contributed by atoms with Gasteiger partial charge in [-0.3, -0.25) is 4.99 Å². The summed E-state index contributed by atoms with van der Waals surface area (Å²) in [4.78, 5) is 6.27. The predicted octanol–water partition coefficient (Wildman–Crippen LogP) is 4.16. The van der Waals surface area contributed by atoms with Crippen molar-refractivity contribution in [1.82, 2.24) is 15.4 Å². The van der Waals surface area contributed by atoms with E-state index in [-0.39, 0.29) is 24.0 Å². The number of rotatable bonds is 7. The van der Waals surface area contributed by atoms with Crippen LogP contribution in [0, 0.1) is 0 Å². The molecule has 0 fully saturated rings. The largest absolute Gasteiger partial charge is 0.492 e. The van der Waals surface area contributed by atoms with Gasteiger partial charge in [-0.15, -0.1) is 24.0 Å². The Morgan fingerprint density at radius 1 is 1.38 bits per heavy atom. The number of hydrogen-bond acceptors (Lipinski definition) is 4. The third kappa shape index (κ3) is 7.03.